The van der Waals surface area contributed by atoms with Crippen molar-refractivity contribution in [2.75, 3.05) is 38.1 Å². The summed E-state index contributed by atoms with van der Waals surface area (Å²) in [5.74, 6) is 0. The second-order valence-electron chi connectivity index (χ2n) is 12.5. The Bertz CT molecular complexity index is 982. The summed E-state index contributed by atoms with van der Waals surface area (Å²) < 4.78 is 5.90. The highest BCUT2D eigenvalue weighted by atomic mass is 31.2. The molecule has 1 aromatic heterocycles. The summed E-state index contributed by atoms with van der Waals surface area (Å²) in [6.45, 7) is 23.4. The van der Waals surface area contributed by atoms with Crippen molar-refractivity contribution in [3.63, 3.8) is 0 Å². The fourth-order valence-electron chi connectivity index (χ4n) is 7.51. The van der Waals surface area contributed by atoms with Gasteiger partial charge in [-0.05, 0) is 68.7 Å². The minimum Gasteiger partial charge on any atom is -0.320 e. The van der Waals surface area contributed by atoms with E-state index in [1.165, 1.54) is 100 Å². The van der Waals surface area contributed by atoms with Crippen molar-refractivity contribution in [1.29, 1.82) is 0 Å². The zero-order valence-electron chi connectivity index (χ0n) is 25.8. The molecule has 0 radical (unpaired) electrons. The molecule has 1 aliphatic heterocycles. The van der Waals surface area contributed by atoms with E-state index in [1.54, 1.807) is 33.4 Å². The molecule has 0 spiro atoms. The maximum atomic E-state index is 2.51. The second-order valence-corrected chi connectivity index (χ2v) is 16.8. The number of likely N-dealkylation sites (tertiary alicyclic amines) is 1. The Kier molecular flexibility index (Phi) is 11.3. The zero-order valence-corrected chi connectivity index (χ0v) is 26.7. The summed E-state index contributed by atoms with van der Waals surface area (Å²) in [5, 5.41) is 0. The first-order valence-corrected chi connectivity index (χ1v) is 18.1. The van der Waals surface area contributed by atoms with Crippen molar-refractivity contribution in [2.45, 2.75) is 113 Å². The first-order chi connectivity index (χ1) is 17.7. The molecule has 3 nitrogen and oxygen atoms in total. The number of rotatable bonds is 15. The Labute approximate surface area is 230 Å². The lowest BCUT2D eigenvalue weighted by molar-refractivity contribution is -0.930. The van der Waals surface area contributed by atoms with E-state index in [4.69, 9.17) is 0 Å². The first kappa shape index (κ1) is 30.4. The summed E-state index contributed by atoms with van der Waals surface area (Å²) >= 11 is 0. The van der Waals surface area contributed by atoms with Crippen LogP contribution in [0.4, 0.5) is 0 Å². The van der Waals surface area contributed by atoms with Gasteiger partial charge in [0.2, 0.25) is 6.33 Å². The fourth-order valence-corrected chi connectivity index (χ4v) is 12.6. The summed E-state index contributed by atoms with van der Waals surface area (Å²) in [6.07, 6.45) is 22.0. The van der Waals surface area contributed by atoms with E-state index < -0.39 is 7.26 Å². The van der Waals surface area contributed by atoms with Crippen LogP contribution >= 0.6 is 7.26 Å². The molecule has 0 atom stereocenters. The van der Waals surface area contributed by atoms with Crippen LogP contribution in [0, 0.1) is 20.8 Å². The molecule has 1 aromatic carbocycles. The molecule has 3 rings (SSSR count). The largest absolute Gasteiger partial charge is 0.320 e. The van der Waals surface area contributed by atoms with Gasteiger partial charge in [0.15, 0.2) is 0 Å². The molecule has 2 heterocycles. The van der Waals surface area contributed by atoms with Crippen molar-refractivity contribution in [3.05, 3.63) is 52.1 Å². The molecule has 0 aliphatic carbocycles. The molecule has 2 aromatic rings. The SMILES string of the molecule is CCCC[N+]1(Cc2c(C)c(Cn3cc[n+](C)c3)c(C)c(C[P+](CCC)(CCC)CCC)c2C)CCCC1. The molecule has 0 bridgehead atoms. The Morgan fingerprint density at radius 2 is 1.38 bits per heavy atom. The van der Waals surface area contributed by atoms with Crippen LogP contribution in [0.3, 0.4) is 0 Å². The van der Waals surface area contributed by atoms with Gasteiger partial charge >= 0.3 is 0 Å². The van der Waals surface area contributed by atoms with E-state index in [1.807, 2.05) is 0 Å². The van der Waals surface area contributed by atoms with Crippen molar-refractivity contribution in [1.82, 2.24) is 4.57 Å². The van der Waals surface area contributed by atoms with Gasteiger partial charge in [-0.2, -0.15) is 0 Å². The van der Waals surface area contributed by atoms with Crippen molar-refractivity contribution in [3.8, 4) is 0 Å². The van der Waals surface area contributed by atoms with Crippen LogP contribution in [-0.4, -0.2) is 47.2 Å². The third-order valence-corrected chi connectivity index (χ3v) is 14.6. The summed E-state index contributed by atoms with van der Waals surface area (Å²) in [7, 11) is 1.14. The lowest BCUT2D eigenvalue weighted by atomic mass is 9.88. The van der Waals surface area contributed by atoms with Crippen LogP contribution in [0.25, 0.3) is 0 Å². The van der Waals surface area contributed by atoms with Crippen LogP contribution in [0.2, 0.25) is 0 Å². The van der Waals surface area contributed by atoms with Gasteiger partial charge < -0.3 is 4.48 Å². The average molecular weight is 529 g/mol. The molecular weight excluding hydrogens is 469 g/mol. The molecule has 1 saturated heterocycles. The van der Waals surface area contributed by atoms with E-state index >= 15 is 0 Å². The molecule has 0 N–H and O–H groups in total. The molecule has 1 aliphatic rings. The number of hydrogen-bond donors (Lipinski definition) is 0. The number of nitrogens with zero attached hydrogens (tertiary/aromatic N) is 3. The smallest absolute Gasteiger partial charge is 0.243 e. The van der Waals surface area contributed by atoms with Gasteiger partial charge in [0.1, 0.15) is 25.5 Å². The number of aromatic nitrogens is 2. The van der Waals surface area contributed by atoms with Crippen LogP contribution < -0.4 is 4.57 Å². The molecular formula is C33H59N3P+3. The maximum absolute atomic E-state index is 2.51. The monoisotopic (exact) mass is 528 g/mol. The maximum Gasteiger partial charge on any atom is 0.243 e. The Balaban J connectivity index is 2.15. The Morgan fingerprint density at radius 1 is 0.811 bits per heavy atom. The second kappa shape index (κ2) is 13.7. The van der Waals surface area contributed by atoms with Crippen LogP contribution in [0.5, 0.6) is 0 Å². The van der Waals surface area contributed by atoms with Crippen molar-refractivity contribution < 1.29 is 9.05 Å². The number of benzene rings is 1. The molecule has 208 valence electrons. The minimum atomic E-state index is -0.991. The number of imidazole rings is 1. The zero-order chi connectivity index (χ0) is 27.1. The quantitative estimate of drug-likeness (QED) is 0.126. The van der Waals surface area contributed by atoms with Crippen LogP contribution in [-0.2, 0) is 26.3 Å². The minimum absolute atomic E-state index is 0.991. The molecule has 0 unspecified atom stereocenters. The Morgan fingerprint density at radius 3 is 1.89 bits per heavy atom. The summed E-state index contributed by atoms with van der Waals surface area (Å²) in [6, 6.07) is 0. The van der Waals surface area contributed by atoms with Crippen LogP contribution in [0.1, 0.15) is 106 Å². The summed E-state index contributed by atoms with van der Waals surface area (Å²) in [5.41, 5.74) is 9.88. The van der Waals surface area contributed by atoms with E-state index in [2.05, 4.69) is 83.4 Å². The number of aryl methyl sites for hydroxylation is 1. The molecule has 4 heteroatoms. The Hall–Kier alpha value is -1.18. The topological polar surface area (TPSA) is 8.81 Å². The summed E-state index contributed by atoms with van der Waals surface area (Å²) in [4.78, 5) is 0. The molecule has 37 heavy (non-hydrogen) atoms. The van der Waals surface area contributed by atoms with Gasteiger partial charge in [-0.25, -0.2) is 9.13 Å². The fraction of sp³-hybridized carbons (Fsp3) is 0.727. The van der Waals surface area contributed by atoms with Gasteiger partial charge in [0.05, 0.1) is 51.3 Å². The lowest BCUT2D eigenvalue weighted by Gasteiger charge is -2.37. The predicted molar refractivity (Wildman–Crippen MR) is 164 cm³/mol. The highest BCUT2D eigenvalue weighted by Crippen LogP contribution is 2.63. The van der Waals surface area contributed by atoms with E-state index in [-0.39, 0.29) is 0 Å². The van der Waals surface area contributed by atoms with Gasteiger partial charge in [-0.15, -0.1) is 0 Å². The average Bonchev–Trinajstić information content (AvgIpc) is 3.51. The molecule has 0 amide bonds. The lowest BCUT2D eigenvalue weighted by Crippen LogP contribution is -2.45. The van der Waals surface area contributed by atoms with Crippen LogP contribution in [0.15, 0.2) is 18.7 Å². The van der Waals surface area contributed by atoms with Gasteiger partial charge in [-0.3, -0.25) is 0 Å². The van der Waals surface area contributed by atoms with E-state index in [9.17, 15) is 0 Å². The highest BCUT2D eigenvalue weighted by molar-refractivity contribution is 7.75. The van der Waals surface area contributed by atoms with Gasteiger partial charge in [-0.1, -0.05) is 34.1 Å². The predicted octanol–water partition coefficient (Wildman–Crippen LogP) is 7.94. The molecule has 0 saturated carbocycles. The van der Waals surface area contributed by atoms with Gasteiger partial charge in [0, 0.05) is 31.2 Å². The number of hydrogen-bond acceptors (Lipinski definition) is 0. The third kappa shape index (κ3) is 7.27. The van der Waals surface area contributed by atoms with Crippen molar-refractivity contribution >= 4 is 7.26 Å². The normalized spacial score (nSPS) is 15.6. The van der Waals surface area contributed by atoms with E-state index in [0.29, 0.717) is 0 Å². The van der Waals surface area contributed by atoms with E-state index in [0.717, 1.165) is 6.54 Å². The third-order valence-electron chi connectivity index (χ3n) is 9.46. The molecule has 1 fully saturated rings. The first-order valence-electron chi connectivity index (χ1n) is 15.5. The number of quaternary nitrogens is 1. The van der Waals surface area contributed by atoms with Crippen molar-refractivity contribution in [2.24, 2.45) is 7.05 Å². The van der Waals surface area contributed by atoms with Gasteiger partial charge in [0.25, 0.3) is 0 Å². The highest BCUT2D eigenvalue weighted by Gasteiger charge is 2.38. The number of unbranched alkanes of at least 4 members (excludes halogenated alkanes) is 1. The standard InChI is InChI=1S/C33H59N3P/c1-9-13-18-36(19-14-15-20-36)25-32-28(5)31(24-35-17-16-34(8)27-35)29(6)33(30(32)7)26-37(21-10-2,22-11-3)23-12-4/h16-17,27H,9-15,18-26H2,1-8H3/q+3.